The zero-order valence-corrected chi connectivity index (χ0v) is 8.55. The second-order valence-corrected chi connectivity index (χ2v) is 2.91. The Morgan fingerprint density at radius 3 is 3.13 bits per heavy atom. The van der Waals surface area contributed by atoms with Crippen LogP contribution in [0.4, 0.5) is 0 Å². The Morgan fingerprint density at radius 1 is 1.67 bits per heavy atom. The predicted molar refractivity (Wildman–Crippen MR) is 51.3 cm³/mol. The Morgan fingerprint density at radius 2 is 2.47 bits per heavy atom. The second-order valence-electron chi connectivity index (χ2n) is 2.91. The number of aryl methyl sites for hydroxylation is 1. The fourth-order valence-corrected chi connectivity index (χ4v) is 1.14. The van der Waals surface area contributed by atoms with Crippen molar-refractivity contribution in [2.45, 2.75) is 26.3 Å². The molecular weight excluding hydrogens is 198 g/mol. The molecule has 0 atom stereocenters. The zero-order chi connectivity index (χ0) is 11.1. The summed E-state index contributed by atoms with van der Waals surface area (Å²) in [7, 11) is 0. The van der Waals surface area contributed by atoms with E-state index in [0.717, 1.165) is 0 Å². The predicted octanol–water partition coefficient (Wildman–Crippen LogP) is 0.434. The van der Waals surface area contributed by atoms with Gasteiger partial charge in [0.2, 0.25) is 0 Å². The number of ether oxygens (including phenoxy) is 1. The van der Waals surface area contributed by atoms with Crippen LogP contribution in [0.3, 0.4) is 0 Å². The van der Waals surface area contributed by atoms with E-state index < -0.39 is 0 Å². The van der Waals surface area contributed by atoms with E-state index in [-0.39, 0.29) is 5.97 Å². The number of rotatable bonds is 6. The summed E-state index contributed by atoms with van der Waals surface area (Å²) in [4.78, 5) is 21.5. The van der Waals surface area contributed by atoms with E-state index in [1.807, 2.05) is 0 Å². The summed E-state index contributed by atoms with van der Waals surface area (Å²) in [5, 5.41) is 7.31. The molecule has 0 aliphatic carbocycles. The molecule has 0 aliphatic heterocycles. The molecule has 15 heavy (non-hydrogen) atoms. The van der Waals surface area contributed by atoms with Crippen molar-refractivity contribution >= 4 is 12.3 Å². The van der Waals surface area contributed by atoms with Crippen LogP contribution in [0.5, 0.6) is 0 Å². The van der Waals surface area contributed by atoms with Crippen LogP contribution in [-0.2, 0) is 16.1 Å². The van der Waals surface area contributed by atoms with Crippen molar-refractivity contribution < 1.29 is 14.3 Å². The molecule has 1 rings (SSSR count). The SMILES string of the molecule is CCOC(=O)CCCn1nncc1C=O. The highest BCUT2D eigenvalue weighted by molar-refractivity contribution is 5.71. The zero-order valence-electron chi connectivity index (χ0n) is 8.55. The second kappa shape index (κ2) is 5.90. The summed E-state index contributed by atoms with van der Waals surface area (Å²) in [6.45, 7) is 2.65. The van der Waals surface area contributed by atoms with Crippen molar-refractivity contribution in [2.24, 2.45) is 0 Å². The summed E-state index contributed by atoms with van der Waals surface area (Å²) in [6.07, 6.45) is 2.98. The summed E-state index contributed by atoms with van der Waals surface area (Å²) in [5.41, 5.74) is 0.416. The molecule has 0 bridgehead atoms. The smallest absolute Gasteiger partial charge is 0.305 e. The van der Waals surface area contributed by atoms with Gasteiger partial charge in [0.15, 0.2) is 6.29 Å². The Labute approximate surface area is 87.2 Å². The molecule has 0 radical (unpaired) electrons. The lowest BCUT2D eigenvalue weighted by molar-refractivity contribution is -0.143. The number of aromatic nitrogens is 3. The number of aldehydes is 1. The maximum atomic E-state index is 11.0. The Bertz CT molecular complexity index is 335. The molecule has 0 aliphatic rings. The average molecular weight is 211 g/mol. The quantitative estimate of drug-likeness (QED) is 0.504. The minimum Gasteiger partial charge on any atom is -0.466 e. The highest BCUT2D eigenvalue weighted by Gasteiger charge is 2.04. The standard InChI is InChI=1S/C9H13N3O3/c1-2-15-9(14)4-3-5-12-8(7-13)6-10-11-12/h6-7H,2-5H2,1H3. The lowest BCUT2D eigenvalue weighted by atomic mass is 10.3. The lowest BCUT2D eigenvalue weighted by Crippen LogP contribution is -2.09. The van der Waals surface area contributed by atoms with Crippen LogP contribution in [0.1, 0.15) is 30.3 Å². The largest absolute Gasteiger partial charge is 0.466 e. The molecule has 1 aromatic heterocycles. The van der Waals surface area contributed by atoms with Crippen LogP contribution in [0, 0.1) is 0 Å². The molecule has 0 aromatic carbocycles. The maximum Gasteiger partial charge on any atom is 0.305 e. The normalized spacial score (nSPS) is 9.93. The highest BCUT2D eigenvalue weighted by atomic mass is 16.5. The van der Waals surface area contributed by atoms with Crippen molar-refractivity contribution in [3.05, 3.63) is 11.9 Å². The number of carbonyl (C=O) groups is 2. The van der Waals surface area contributed by atoms with Gasteiger partial charge in [0.25, 0.3) is 0 Å². The Hall–Kier alpha value is -1.72. The van der Waals surface area contributed by atoms with E-state index in [0.29, 0.717) is 38.0 Å². The summed E-state index contributed by atoms with van der Waals surface area (Å²) in [5.74, 6) is -0.231. The molecule has 0 saturated heterocycles. The van der Waals surface area contributed by atoms with Crippen molar-refractivity contribution in [1.29, 1.82) is 0 Å². The van der Waals surface area contributed by atoms with Crippen LogP contribution in [0.25, 0.3) is 0 Å². The van der Waals surface area contributed by atoms with E-state index in [2.05, 4.69) is 10.3 Å². The topological polar surface area (TPSA) is 74.1 Å². The first-order chi connectivity index (χ1) is 7.27. The fourth-order valence-electron chi connectivity index (χ4n) is 1.14. The Balaban J connectivity index is 2.31. The number of hydrogen-bond donors (Lipinski definition) is 0. The number of esters is 1. The van der Waals surface area contributed by atoms with Gasteiger partial charge in [0.05, 0.1) is 12.8 Å². The van der Waals surface area contributed by atoms with E-state index in [1.54, 1.807) is 6.92 Å². The van der Waals surface area contributed by atoms with Gasteiger partial charge in [-0.2, -0.15) is 0 Å². The summed E-state index contributed by atoms with van der Waals surface area (Å²) < 4.78 is 6.23. The van der Waals surface area contributed by atoms with Gasteiger partial charge in [0, 0.05) is 13.0 Å². The molecule has 0 unspecified atom stereocenters. The van der Waals surface area contributed by atoms with Crippen molar-refractivity contribution in [3.8, 4) is 0 Å². The van der Waals surface area contributed by atoms with Gasteiger partial charge in [0.1, 0.15) is 5.69 Å². The third kappa shape index (κ3) is 3.49. The molecule has 82 valence electrons. The van der Waals surface area contributed by atoms with Gasteiger partial charge in [-0.3, -0.25) is 9.59 Å². The number of hydrogen-bond acceptors (Lipinski definition) is 5. The molecule has 0 spiro atoms. The summed E-state index contributed by atoms with van der Waals surface area (Å²) in [6, 6.07) is 0. The van der Waals surface area contributed by atoms with E-state index in [1.165, 1.54) is 10.9 Å². The van der Waals surface area contributed by atoms with Crippen LogP contribution < -0.4 is 0 Å². The molecule has 0 fully saturated rings. The third-order valence-electron chi connectivity index (χ3n) is 1.82. The molecule has 1 heterocycles. The van der Waals surface area contributed by atoms with Gasteiger partial charge in [-0.15, -0.1) is 5.10 Å². The molecular formula is C9H13N3O3. The van der Waals surface area contributed by atoms with Gasteiger partial charge in [-0.1, -0.05) is 5.21 Å². The van der Waals surface area contributed by atoms with Gasteiger partial charge in [-0.25, -0.2) is 4.68 Å². The summed E-state index contributed by atoms with van der Waals surface area (Å²) >= 11 is 0. The van der Waals surface area contributed by atoms with Crippen molar-refractivity contribution in [1.82, 2.24) is 15.0 Å². The number of carbonyl (C=O) groups excluding carboxylic acids is 2. The van der Waals surface area contributed by atoms with Crippen molar-refractivity contribution in [2.75, 3.05) is 6.61 Å². The molecule has 0 N–H and O–H groups in total. The van der Waals surface area contributed by atoms with E-state index >= 15 is 0 Å². The van der Waals surface area contributed by atoms with E-state index in [9.17, 15) is 9.59 Å². The molecule has 1 aromatic rings. The van der Waals surface area contributed by atoms with Gasteiger partial charge < -0.3 is 4.74 Å². The van der Waals surface area contributed by atoms with Crippen LogP contribution in [0.2, 0.25) is 0 Å². The molecule has 6 nitrogen and oxygen atoms in total. The highest BCUT2D eigenvalue weighted by Crippen LogP contribution is 1.99. The Kier molecular flexibility index (Phi) is 4.46. The van der Waals surface area contributed by atoms with Gasteiger partial charge in [-0.05, 0) is 13.3 Å². The van der Waals surface area contributed by atoms with Crippen molar-refractivity contribution in [3.63, 3.8) is 0 Å². The third-order valence-corrected chi connectivity index (χ3v) is 1.82. The van der Waals surface area contributed by atoms with Crippen LogP contribution in [0.15, 0.2) is 6.20 Å². The number of nitrogens with zero attached hydrogens (tertiary/aromatic N) is 3. The fraction of sp³-hybridized carbons (Fsp3) is 0.556. The van der Waals surface area contributed by atoms with Gasteiger partial charge >= 0.3 is 5.97 Å². The average Bonchev–Trinajstić information content (AvgIpc) is 2.66. The first-order valence-corrected chi connectivity index (χ1v) is 4.77. The minimum atomic E-state index is -0.231. The monoisotopic (exact) mass is 211 g/mol. The molecule has 0 amide bonds. The van der Waals surface area contributed by atoms with Crippen LogP contribution in [-0.4, -0.2) is 33.9 Å². The van der Waals surface area contributed by atoms with Crippen LogP contribution >= 0.6 is 0 Å². The molecule has 6 heteroatoms. The first-order valence-electron chi connectivity index (χ1n) is 4.77. The first kappa shape index (κ1) is 11.4. The van der Waals surface area contributed by atoms with E-state index in [4.69, 9.17) is 4.74 Å². The minimum absolute atomic E-state index is 0.231. The lowest BCUT2D eigenvalue weighted by Gasteiger charge is -2.02. The molecule has 0 saturated carbocycles. The maximum absolute atomic E-state index is 11.0.